The summed E-state index contributed by atoms with van der Waals surface area (Å²) in [6, 6.07) is 9.63. The van der Waals surface area contributed by atoms with Gasteiger partial charge in [0.15, 0.2) is 11.5 Å². The standard InChI is InChI=1S/C16H11N3O4/c1-23-12-7-2-4-9(14(12)20)8-17-11-6-3-5-10-13(11)16(22)19-18-15(10)21/h2-8,20H,1H3. The molecule has 2 aromatic rings. The Morgan fingerprint density at radius 1 is 1.09 bits per heavy atom. The first kappa shape index (κ1) is 14.6. The molecule has 0 bridgehead atoms. The molecule has 0 saturated carbocycles. The summed E-state index contributed by atoms with van der Waals surface area (Å²) in [5.74, 6) is -0.960. The summed E-state index contributed by atoms with van der Waals surface area (Å²) in [6.07, 6.45) is 1.39. The highest BCUT2D eigenvalue weighted by Crippen LogP contribution is 2.30. The summed E-state index contributed by atoms with van der Waals surface area (Å²) >= 11 is 0. The van der Waals surface area contributed by atoms with Crippen molar-refractivity contribution in [2.75, 3.05) is 7.11 Å². The van der Waals surface area contributed by atoms with Crippen LogP contribution in [0.4, 0.5) is 5.69 Å². The van der Waals surface area contributed by atoms with Gasteiger partial charge in [0.25, 0.3) is 11.8 Å². The Kier molecular flexibility index (Phi) is 3.68. The lowest BCUT2D eigenvalue weighted by atomic mass is 10.0. The number of aliphatic imine (C=N–C) groups is 1. The molecule has 114 valence electrons. The molecule has 23 heavy (non-hydrogen) atoms. The third-order valence-electron chi connectivity index (χ3n) is 3.31. The van der Waals surface area contributed by atoms with Gasteiger partial charge in [-0.05, 0) is 24.3 Å². The number of methoxy groups -OCH3 is 1. The maximum atomic E-state index is 11.9. The van der Waals surface area contributed by atoms with Crippen LogP contribution < -0.4 is 4.74 Å². The fraction of sp³-hybridized carbons (Fsp3) is 0.0625. The van der Waals surface area contributed by atoms with Gasteiger partial charge in [0.05, 0.1) is 23.9 Å². The van der Waals surface area contributed by atoms with E-state index in [-0.39, 0.29) is 22.6 Å². The van der Waals surface area contributed by atoms with E-state index in [2.05, 4.69) is 15.2 Å². The molecule has 0 radical (unpaired) electrons. The number of azo groups is 1. The highest BCUT2D eigenvalue weighted by Gasteiger charge is 2.24. The Hall–Kier alpha value is -3.35. The van der Waals surface area contributed by atoms with Gasteiger partial charge in [0, 0.05) is 11.8 Å². The van der Waals surface area contributed by atoms with Gasteiger partial charge in [-0.15, -0.1) is 10.2 Å². The van der Waals surface area contributed by atoms with E-state index in [0.29, 0.717) is 11.3 Å². The molecule has 0 spiro atoms. The summed E-state index contributed by atoms with van der Waals surface area (Å²) in [5, 5.41) is 16.6. The molecule has 0 aliphatic carbocycles. The van der Waals surface area contributed by atoms with E-state index < -0.39 is 11.8 Å². The van der Waals surface area contributed by atoms with Crippen LogP contribution in [-0.2, 0) is 0 Å². The van der Waals surface area contributed by atoms with E-state index in [1.54, 1.807) is 30.3 Å². The predicted molar refractivity (Wildman–Crippen MR) is 81.9 cm³/mol. The van der Waals surface area contributed by atoms with E-state index in [4.69, 9.17) is 4.74 Å². The predicted octanol–water partition coefficient (Wildman–Crippen LogP) is 2.90. The summed E-state index contributed by atoms with van der Waals surface area (Å²) in [7, 11) is 1.44. The normalized spacial score (nSPS) is 13.4. The molecule has 7 heteroatoms. The lowest BCUT2D eigenvalue weighted by molar-refractivity contribution is 0.0921. The third-order valence-corrected chi connectivity index (χ3v) is 3.31. The summed E-state index contributed by atoms with van der Waals surface area (Å²) in [5.41, 5.74) is 0.959. The number of phenols is 1. The lowest BCUT2D eigenvalue weighted by Crippen LogP contribution is -2.11. The average molecular weight is 309 g/mol. The van der Waals surface area contributed by atoms with Crippen LogP contribution in [0.25, 0.3) is 0 Å². The molecular formula is C16H11N3O4. The highest BCUT2D eigenvalue weighted by molar-refractivity contribution is 6.14. The van der Waals surface area contributed by atoms with Crippen molar-refractivity contribution < 1.29 is 19.4 Å². The summed E-state index contributed by atoms with van der Waals surface area (Å²) in [6.45, 7) is 0. The average Bonchev–Trinajstić information content (AvgIpc) is 2.57. The van der Waals surface area contributed by atoms with Gasteiger partial charge in [-0.3, -0.25) is 14.6 Å². The lowest BCUT2D eigenvalue weighted by Gasteiger charge is -2.09. The number of ether oxygens (including phenoxy) is 1. The number of benzene rings is 2. The van der Waals surface area contributed by atoms with Crippen molar-refractivity contribution in [2.45, 2.75) is 0 Å². The Morgan fingerprint density at radius 3 is 2.61 bits per heavy atom. The molecule has 1 aliphatic heterocycles. The summed E-state index contributed by atoms with van der Waals surface area (Å²) in [4.78, 5) is 27.7. The van der Waals surface area contributed by atoms with Crippen molar-refractivity contribution in [2.24, 2.45) is 15.2 Å². The number of hydrogen-bond donors (Lipinski definition) is 1. The van der Waals surface area contributed by atoms with Crippen molar-refractivity contribution in [1.29, 1.82) is 0 Å². The minimum absolute atomic E-state index is 0.0642. The van der Waals surface area contributed by atoms with Crippen molar-refractivity contribution in [3.8, 4) is 11.5 Å². The van der Waals surface area contributed by atoms with Gasteiger partial charge in [-0.25, -0.2) is 0 Å². The van der Waals surface area contributed by atoms with Crippen LogP contribution in [0.2, 0.25) is 0 Å². The van der Waals surface area contributed by atoms with Gasteiger partial charge >= 0.3 is 0 Å². The first-order valence-corrected chi connectivity index (χ1v) is 6.65. The zero-order chi connectivity index (χ0) is 16.4. The van der Waals surface area contributed by atoms with Crippen LogP contribution in [0, 0.1) is 0 Å². The molecule has 1 aliphatic rings. The number of para-hydroxylation sites is 1. The maximum Gasteiger partial charge on any atom is 0.298 e. The number of rotatable bonds is 3. The number of amides is 2. The summed E-state index contributed by atoms with van der Waals surface area (Å²) < 4.78 is 5.02. The molecule has 1 N–H and O–H groups in total. The molecule has 0 unspecified atom stereocenters. The van der Waals surface area contributed by atoms with Crippen LogP contribution in [0.3, 0.4) is 0 Å². The third kappa shape index (κ3) is 2.59. The largest absolute Gasteiger partial charge is 0.504 e. The second kappa shape index (κ2) is 5.80. The van der Waals surface area contributed by atoms with E-state index in [9.17, 15) is 14.7 Å². The molecule has 0 fully saturated rings. The molecule has 1 heterocycles. The molecular weight excluding hydrogens is 298 g/mol. The second-order valence-electron chi connectivity index (χ2n) is 4.67. The number of carbonyl (C=O) groups is 2. The topological polar surface area (TPSA) is 101 Å². The van der Waals surface area contributed by atoms with Crippen molar-refractivity contribution in [3.63, 3.8) is 0 Å². The molecule has 7 nitrogen and oxygen atoms in total. The SMILES string of the molecule is COc1cccc(C=Nc2cccc3c2C(=O)N=NC3=O)c1O. The molecule has 3 rings (SSSR count). The molecule has 0 aromatic heterocycles. The zero-order valence-corrected chi connectivity index (χ0v) is 12.1. The van der Waals surface area contributed by atoms with Crippen molar-refractivity contribution in [1.82, 2.24) is 0 Å². The smallest absolute Gasteiger partial charge is 0.298 e. The first-order chi connectivity index (χ1) is 11.1. The van der Waals surface area contributed by atoms with E-state index in [1.807, 2.05) is 0 Å². The number of nitrogens with zero attached hydrogens (tertiary/aromatic N) is 3. The Bertz CT molecular complexity index is 872. The molecule has 0 saturated heterocycles. The Balaban J connectivity index is 2.04. The van der Waals surface area contributed by atoms with Crippen molar-refractivity contribution >= 4 is 23.7 Å². The maximum absolute atomic E-state index is 11.9. The number of carbonyl (C=O) groups excluding carboxylic acids is 2. The van der Waals surface area contributed by atoms with Gasteiger partial charge in [-0.2, -0.15) is 0 Å². The van der Waals surface area contributed by atoms with E-state index in [1.165, 1.54) is 19.4 Å². The quantitative estimate of drug-likeness (QED) is 0.881. The molecule has 2 aromatic carbocycles. The van der Waals surface area contributed by atoms with Gasteiger partial charge < -0.3 is 9.84 Å². The molecule has 0 atom stereocenters. The zero-order valence-electron chi connectivity index (χ0n) is 12.1. The molecule has 2 amide bonds. The minimum Gasteiger partial charge on any atom is -0.504 e. The highest BCUT2D eigenvalue weighted by atomic mass is 16.5. The number of phenolic OH excluding ortho intramolecular Hbond substituents is 1. The second-order valence-corrected chi connectivity index (χ2v) is 4.67. The first-order valence-electron chi connectivity index (χ1n) is 6.65. The van der Waals surface area contributed by atoms with Gasteiger partial charge in [0.2, 0.25) is 0 Å². The minimum atomic E-state index is -0.623. The fourth-order valence-electron chi connectivity index (χ4n) is 2.19. The fourth-order valence-corrected chi connectivity index (χ4v) is 2.19. The van der Waals surface area contributed by atoms with E-state index in [0.717, 1.165) is 0 Å². The number of fused-ring (bicyclic) bond motifs is 1. The van der Waals surface area contributed by atoms with Crippen molar-refractivity contribution in [3.05, 3.63) is 53.1 Å². The number of hydrogen-bond acceptors (Lipinski definition) is 5. The van der Waals surface area contributed by atoms with Gasteiger partial charge in [0.1, 0.15) is 0 Å². The van der Waals surface area contributed by atoms with Crippen LogP contribution in [0.15, 0.2) is 51.6 Å². The Labute approximate surface area is 131 Å². The van der Waals surface area contributed by atoms with Crippen LogP contribution >= 0.6 is 0 Å². The van der Waals surface area contributed by atoms with Crippen LogP contribution in [0.5, 0.6) is 11.5 Å². The monoisotopic (exact) mass is 309 g/mol. The van der Waals surface area contributed by atoms with E-state index >= 15 is 0 Å². The Morgan fingerprint density at radius 2 is 1.83 bits per heavy atom. The van der Waals surface area contributed by atoms with Gasteiger partial charge in [-0.1, -0.05) is 12.1 Å². The van der Waals surface area contributed by atoms with Crippen LogP contribution in [-0.4, -0.2) is 30.2 Å². The number of aromatic hydroxyl groups is 1. The van der Waals surface area contributed by atoms with Crippen LogP contribution in [0.1, 0.15) is 26.3 Å².